The number of carbonyl (C=O) groups is 2. The van der Waals surface area contributed by atoms with Crippen LogP contribution in [-0.2, 0) is 9.53 Å². The number of ether oxygens (including phenoxy) is 2. The molecule has 0 saturated carbocycles. The Hall–Kier alpha value is -3.98. The van der Waals surface area contributed by atoms with Crippen LogP contribution in [0.1, 0.15) is 55.2 Å². The number of hydrogen-bond acceptors (Lipinski definition) is 7. The van der Waals surface area contributed by atoms with Crippen molar-refractivity contribution in [3.63, 3.8) is 0 Å². The van der Waals surface area contributed by atoms with Crippen molar-refractivity contribution in [3.05, 3.63) is 96.2 Å². The van der Waals surface area contributed by atoms with Crippen molar-refractivity contribution in [2.24, 2.45) is 4.99 Å². The summed E-state index contributed by atoms with van der Waals surface area (Å²) in [4.78, 5) is 43.0. The second-order valence-electron chi connectivity index (χ2n) is 8.43. The molecule has 0 bridgehead atoms. The van der Waals surface area contributed by atoms with Crippen LogP contribution in [0.5, 0.6) is 5.75 Å². The van der Waals surface area contributed by atoms with Gasteiger partial charge in [-0.1, -0.05) is 41.7 Å². The molecule has 0 radical (unpaired) electrons. The first-order valence-electron chi connectivity index (χ1n) is 11.5. The molecule has 0 amide bonds. The summed E-state index contributed by atoms with van der Waals surface area (Å²) in [6.07, 6.45) is 1.57. The molecule has 3 aromatic rings. The lowest BCUT2D eigenvalue weighted by Crippen LogP contribution is -2.40. The number of thiazole rings is 1. The van der Waals surface area contributed by atoms with Gasteiger partial charge in [0.1, 0.15) is 11.8 Å². The maximum absolute atomic E-state index is 13.7. The second kappa shape index (κ2) is 10.3. The van der Waals surface area contributed by atoms with Gasteiger partial charge in [-0.15, -0.1) is 0 Å². The molecule has 1 unspecified atom stereocenters. The molecule has 1 N–H and O–H groups in total. The van der Waals surface area contributed by atoms with Crippen LogP contribution in [0.25, 0.3) is 6.08 Å². The van der Waals surface area contributed by atoms with Gasteiger partial charge in [-0.2, -0.15) is 0 Å². The van der Waals surface area contributed by atoms with Crippen molar-refractivity contribution in [3.8, 4) is 5.75 Å². The SMILES string of the molecule is CCOC(=O)C1=C(C)N=c2sc(=Cc3ccc(C(=O)O)cc3)c(=O)n2C1c1ccccc1OC(C)C. The Bertz CT molecular complexity index is 1530. The molecule has 36 heavy (non-hydrogen) atoms. The van der Waals surface area contributed by atoms with Crippen molar-refractivity contribution >= 4 is 29.4 Å². The van der Waals surface area contributed by atoms with E-state index in [1.165, 1.54) is 28.0 Å². The Morgan fingerprint density at radius 2 is 1.86 bits per heavy atom. The third-order valence-corrected chi connectivity index (χ3v) is 6.53. The van der Waals surface area contributed by atoms with Crippen LogP contribution in [0.3, 0.4) is 0 Å². The highest BCUT2D eigenvalue weighted by molar-refractivity contribution is 7.07. The second-order valence-corrected chi connectivity index (χ2v) is 9.44. The Balaban J connectivity index is 1.94. The topological polar surface area (TPSA) is 107 Å². The molecule has 8 nitrogen and oxygen atoms in total. The Morgan fingerprint density at radius 3 is 2.50 bits per heavy atom. The first-order valence-corrected chi connectivity index (χ1v) is 12.3. The molecule has 0 saturated heterocycles. The fourth-order valence-electron chi connectivity index (χ4n) is 4.03. The van der Waals surface area contributed by atoms with E-state index in [0.717, 1.165) is 0 Å². The fourth-order valence-corrected chi connectivity index (χ4v) is 5.07. The lowest BCUT2D eigenvalue weighted by Gasteiger charge is -2.26. The summed E-state index contributed by atoms with van der Waals surface area (Å²) in [7, 11) is 0. The number of benzene rings is 2. The average Bonchev–Trinajstić information content (AvgIpc) is 3.13. The first kappa shape index (κ1) is 25.1. The molecule has 0 spiro atoms. The predicted molar refractivity (Wildman–Crippen MR) is 136 cm³/mol. The molecule has 1 aliphatic rings. The summed E-state index contributed by atoms with van der Waals surface area (Å²) in [5.41, 5.74) is 1.91. The molecule has 0 fully saturated rings. The Morgan fingerprint density at radius 1 is 1.17 bits per heavy atom. The van der Waals surface area contributed by atoms with E-state index < -0.39 is 18.0 Å². The molecule has 0 aliphatic carbocycles. The predicted octanol–water partition coefficient (Wildman–Crippen LogP) is 3.28. The van der Waals surface area contributed by atoms with E-state index in [1.807, 2.05) is 38.1 Å². The van der Waals surface area contributed by atoms with Gasteiger partial charge in [0, 0.05) is 5.56 Å². The molecular weight excluding hydrogens is 480 g/mol. The zero-order chi connectivity index (χ0) is 26.0. The van der Waals surface area contributed by atoms with Crippen molar-refractivity contribution in [2.45, 2.75) is 39.8 Å². The van der Waals surface area contributed by atoms with E-state index in [4.69, 9.17) is 14.6 Å². The number of para-hydroxylation sites is 1. The summed E-state index contributed by atoms with van der Waals surface area (Å²) in [6, 6.07) is 12.8. The van der Waals surface area contributed by atoms with Crippen LogP contribution in [0.2, 0.25) is 0 Å². The molecule has 2 aromatic carbocycles. The molecule has 9 heteroatoms. The number of nitrogens with zero attached hydrogens (tertiary/aromatic N) is 2. The van der Waals surface area contributed by atoms with Gasteiger partial charge in [0.2, 0.25) is 0 Å². The van der Waals surface area contributed by atoms with Gasteiger partial charge in [0.25, 0.3) is 5.56 Å². The van der Waals surface area contributed by atoms with E-state index in [-0.39, 0.29) is 29.4 Å². The van der Waals surface area contributed by atoms with E-state index in [1.54, 1.807) is 32.1 Å². The minimum absolute atomic E-state index is 0.119. The number of aromatic nitrogens is 1. The lowest BCUT2D eigenvalue weighted by atomic mass is 9.95. The molecule has 2 heterocycles. The highest BCUT2D eigenvalue weighted by Gasteiger charge is 2.35. The van der Waals surface area contributed by atoms with E-state index in [2.05, 4.69) is 4.99 Å². The molecule has 1 aromatic heterocycles. The molecule has 4 rings (SSSR count). The van der Waals surface area contributed by atoms with Crippen LogP contribution in [0.15, 0.2) is 69.6 Å². The summed E-state index contributed by atoms with van der Waals surface area (Å²) >= 11 is 1.20. The van der Waals surface area contributed by atoms with E-state index in [0.29, 0.717) is 31.9 Å². The van der Waals surface area contributed by atoms with Gasteiger partial charge < -0.3 is 14.6 Å². The van der Waals surface area contributed by atoms with Gasteiger partial charge in [-0.3, -0.25) is 9.36 Å². The number of carbonyl (C=O) groups excluding carboxylic acids is 1. The van der Waals surface area contributed by atoms with Crippen molar-refractivity contribution < 1.29 is 24.2 Å². The van der Waals surface area contributed by atoms with E-state index >= 15 is 0 Å². The normalized spacial score (nSPS) is 15.5. The largest absolute Gasteiger partial charge is 0.491 e. The third kappa shape index (κ3) is 4.87. The summed E-state index contributed by atoms with van der Waals surface area (Å²) in [6.45, 7) is 7.45. The summed E-state index contributed by atoms with van der Waals surface area (Å²) in [5.74, 6) is -1.00. The number of fused-ring (bicyclic) bond motifs is 1. The molecular formula is C27H26N2O6S. The maximum atomic E-state index is 13.7. The zero-order valence-corrected chi connectivity index (χ0v) is 21.2. The minimum atomic E-state index is -1.02. The van der Waals surface area contributed by atoms with Crippen LogP contribution in [0, 0.1) is 0 Å². The standard InChI is InChI=1S/C27H26N2O6S/c1-5-34-26(33)22-16(4)28-27-29(23(22)19-8-6-7-9-20(19)35-15(2)3)24(30)21(36-27)14-17-10-12-18(13-11-17)25(31)32/h6-15,23H,5H2,1-4H3,(H,31,32). The number of carboxylic acids is 1. The number of allylic oxidation sites excluding steroid dienone is 1. The van der Waals surface area contributed by atoms with Crippen LogP contribution >= 0.6 is 11.3 Å². The Kier molecular flexibility index (Phi) is 7.21. The first-order chi connectivity index (χ1) is 17.2. The number of carboxylic acid groups (broad SMARTS) is 1. The van der Waals surface area contributed by atoms with Gasteiger partial charge in [0.05, 0.1) is 34.1 Å². The molecule has 1 aliphatic heterocycles. The van der Waals surface area contributed by atoms with Gasteiger partial charge >= 0.3 is 11.9 Å². The summed E-state index contributed by atoms with van der Waals surface area (Å²) in [5, 5.41) is 9.14. The average molecular weight is 507 g/mol. The smallest absolute Gasteiger partial charge is 0.338 e. The van der Waals surface area contributed by atoms with Crippen LogP contribution in [-0.4, -0.2) is 34.3 Å². The van der Waals surface area contributed by atoms with Crippen LogP contribution < -0.4 is 19.6 Å². The highest BCUT2D eigenvalue weighted by Crippen LogP contribution is 2.36. The van der Waals surface area contributed by atoms with Gasteiger partial charge in [-0.25, -0.2) is 14.6 Å². The third-order valence-electron chi connectivity index (χ3n) is 5.55. The number of hydrogen-bond donors (Lipinski definition) is 1. The van der Waals surface area contributed by atoms with Gasteiger partial charge in [0.15, 0.2) is 4.80 Å². The van der Waals surface area contributed by atoms with Crippen molar-refractivity contribution in [2.75, 3.05) is 6.61 Å². The summed E-state index contributed by atoms with van der Waals surface area (Å²) < 4.78 is 13.3. The van der Waals surface area contributed by atoms with E-state index in [9.17, 15) is 14.4 Å². The van der Waals surface area contributed by atoms with Crippen LogP contribution in [0.4, 0.5) is 0 Å². The molecule has 186 valence electrons. The fraction of sp³-hybridized carbons (Fsp3) is 0.259. The number of esters is 1. The van der Waals surface area contributed by atoms with Gasteiger partial charge in [-0.05, 0) is 57.5 Å². The lowest BCUT2D eigenvalue weighted by molar-refractivity contribution is -0.139. The highest BCUT2D eigenvalue weighted by atomic mass is 32.1. The zero-order valence-electron chi connectivity index (χ0n) is 20.3. The van der Waals surface area contributed by atoms with Crippen molar-refractivity contribution in [1.82, 2.24) is 4.57 Å². The maximum Gasteiger partial charge on any atom is 0.338 e. The number of aromatic carboxylic acids is 1. The number of rotatable bonds is 7. The minimum Gasteiger partial charge on any atom is -0.491 e. The quantitative estimate of drug-likeness (QED) is 0.493. The monoisotopic (exact) mass is 506 g/mol. The van der Waals surface area contributed by atoms with Crippen molar-refractivity contribution in [1.29, 1.82) is 0 Å². The Labute approximate surface area is 211 Å². The molecule has 1 atom stereocenters.